The van der Waals surface area contributed by atoms with E-state index in [9.17, 15) is 28.4 Å². The van der Waals surface area contributed by atoms with Gasteiger partial charge in [-0.2, -0.15) is 5.10 Å². The molecule has 0 heterocycles. The third-order valence-electron chi connectivity index (χ3n) is 5.14. The lowest BCUT2D eigenvalue weighted by Gasteiger charge is -2.14. The number of nitro groups is 1. The van der Waals surface area contributed by atoms with E-state index in [2.05, 4.69) is 15.2 Å². The predicted octanol–water partition coefficient (Wildman–Crippen LogP) is 3.86. The van der Waals surface area contributed by atoms with Gasteiger partial charge in [-0.25, -0.2) is 13.2 Å². The second-order valence-corrected chi connectivity index (χ2v) is 8.87. The van der Waals surface area contributed by atoms with Crippen molar-refractivity contribution < 1.29 is 23.2 Å². The van der Waals surface area contributed by atoms with E-state index in [4.69, 9.17) is 0 Å². The summed E-state index contributed by atoms with van der Waals surface area (Å²) in [6, 6.07) is 16.5. The topological polar surface area (TPSA) is 151 Å². The number of rotatable bonds is 7. The van der Waals surface area contributed by atoms with Gasteiger partial charge in [0.15, 0.2) is 0 Å². The molecule has 0 aromatic heterocycles. The van der Waals surface area contributed by atoms with Crippen LogP contribution in [0.4, 0.5) is 17.1 Å². The number of aryl methyl sites for hydroxylation is 1. The maximum absolute atomic E-state index is 13.2. The van der Waals surface area contributed by atoms with Crippen molar-refractivity contribution in [2.45, 2.75) is 17.7 Å². The van der Waals surface area contributed by atoms with Crippen LogP contribution in [0.25, 0.3) is 0 Å². The zero-order chi connectivity index (χ0) is 23.6. The van der Waals surface area contributed by atoms with Crippen molar-refractivity contribution in [1.82, 2.24) is 0 Å². The van der Waals surface area contributed by atoms with Gasteiger partial charge in [-0.1, -0.05) is 36.4 Å². The summed E-state index contributed by atoms with van der Waals surface area (Å²) in [5.41, 5.74) is 4.67. The van der Waals surface area contributed by atoms with Gasteiger partial charge in [0.1, 0.15) is 4.90 Å². The number of anilines is 2. The first-order valence-corrected chi connectivity index (χ1v) is 11.3. The molecule has 11 heteroatoms. The minimum Gasteiger partial charge on any atom is -0.478 e. The van der Waals surface area contributed by atoms with E-state index in [0.717, 1.165) is 35.4 Å². The lowest BCUT2D eigenvalue weighted by Crippen LogP contribution is -2.17. The number of sulfonamides is 1. The van der Waals surface area contributed by atoms with E-state index in [1.165, 1.54) is 30.3 Å². The molecule has 0 amide bonds. The Bertz CT molecular complexity index is 1400. The number of fused-ring (bicyclic) bond motifs is 1. The maximum atomic E-state index is 13.2. The molecule has 10 nitrogen and oxygen atoms in total. The van der Waals surface area contributed by atoms with Crippen LogP contribution in [0.5, 0.6) is 0 Å². The molecule has 3 N–H and O–H groups in total. The highest BCUT2D eigenvalue weighted by molar-refractivity contribution is 7.93. The van der Waals surface area contributed by atoms with Crippen LogP contribution in [0.3, 0.4) is 0 Å². The molecule has 3 aromatic rings. The molecule has 0 fully saturated rings. The SMILES string of the molecule is O=C(O)c1ccccc1NS(=O)(=O)c1cc([N+](=O)[O-])ccc1NN=C1CCc2ccccc21. The van der Waals surface area contributed by atoms with E-state index in [1.54, 1.807) is 0 Å². The van der Waals surface area contributed by atoms with Gasteiger partial charge in [0.2, 0.25) is 0 Å². The average Bonchev–Trinajstić information content (AvgIpc) is 3.20. The Morgan fingerprint density at radius 1 is 1.00 bits per heavy atom. The number of para-hydroxylation sites is 1. The molecule has 1 aliphatic rings. The van der Waals surface area contributed by atoms with Crippen LogP contribution in [-0.4, -0.2) is 30.1 Å². The largest absolute Gasteiger partial charge is 0.478 e. The summed E-state index contributed by atoms with van der Waals surface area (Å²) in [7, 11) is -4.41. The van der Waals surface area contributed by atoms with Crippen molar-refractivity contribution in [3.8, 4) is 0 Å². The lowest BCUT2D eigenvalue weighted by atomic mass is 10.1. The predicted molar refractivity (Wildman–Crippen MR) is 122 cm³/mol. The molecule has 3 aromatic carbocycles. The highest BCUT2D eigenvalue weighted by Crippen LogP contribution is 2.30. The van der Waals surface area contributed by atoms with Gasteiger partial charge >= 0.3 is 5.97 Å². The summed E-state index contributed by atoms with van der Waals surface area (Å²) in [5, 5.41) is 24.9. The fourth-order valence-electron chi connectivity index (χ4n) is 3.55. The Kier molecular flexibility index (Phi) is 5.80. The molecule has 0 aliphatic heterocycles. The van der Waals surface area contributed by atoms with Gasteiger partial charge in [-0.15, -0.1) is 0 Å². The number of nitrogens with one attached hydrogen (secondary N) is 2. The van der Waals surface area contributed by atoms with Crippen molar-refractivity contribution >= 4 is 38.8 Å². The molecule has 0 atom stereocenters. The van der Waals surface area contributed by atoms with Gasteiger partial charge in [-0.3, -0.25) is 20.3 Å². The number of hydrogen-bond acceptors (Lipinski definition) is 7. The summed E-state index contributed by atoms with van der Waals surface area (Å²) < 4.78 is 28.5. The number of benzene rings is 3. The molecule has 0 saturated carbocycles. The van der Waals surface area contributed by atoms with E-state index in [1.807, 2.05) is 24.3 Å². The molecule has 0 unspecified atom stereocenters. The average molecular weight is 466 g/mol. The zero-order valence-electron chi connectivity index (χ0n) is 17.1. The Morgan fingerprint density at radius 2 is 1.73 bits per heavy atom. The first-order chi connectivity index (χ1) is 15.8. The summed E-state index contributed by atoms with van der Waals surface area (Å²) in [6.07, 6.45) is 1.46. The summed E-state index contributed by atoms with van der Waals surface area (Å²) in [4.78, 5) is 21.6. The highest BCUT2D eigenvalue weighted by atomic mass is 32.2. The molecule has 0 bridgehead atoms. The van der Waals surface area contributed by atoms with Gasteiger partial charge < -0.3 is 5.11 Å². The van der Waals surface area contributed by atoms with E-state index < -0.39 is 31.5 Å². The molecule has 168 valence electrons. The first kappa shape index (κ1) is 22.0. The normalized spacial score (nSPS) is 14.0. The van der Waals surface area contributed by atoms with Gasteiger partial charge in [-0.05, 0) is 36.6 Å². The van der Waals surface area contributed by atoms with Gasteiger partial charge in [0.05, 0.1) is 27.6 Å². The number of carboxylic acid groups (broad SMARTS) is 1. The van der Waals surface area contributed by atoms with Crippen molar-refractivity contribution in [2.24, 2.45) is 5.10 Å². The Hall–Kier alpha value is -4.25. The Morgan fingerprint density at radius 3 is 2.48 bits per heavy atom. The number of hydrazone groups is 1. The number of non-ortho nitro benzene ring substituents is 1. The third kappa shape index (κ3) is 4.53. The van der Waals surface area contributed by atoms with Crippen LogP contribution in [0.2, 0.25) is 0 Å². The number of hydrogen-bond donors (Lipinski definition) is 3. The minimum atomic E-state index is -4.41. The summed E-state index contributed by atoms with van der Waals surface area (Å²) in [6.45, 7) is 0. The zero-order valence-corrected chi connectivity index (χ0v) is 17.9. The van der Waals surface area contributed by atoms with Crippen LogP contribution in [0.15, 0.2) is 76.7 Å². The van der Waals surface area contributed by atoms with Crippen LogP contribution in [0.1, 0.15) is 27.9 Å². The van der Waals surface area contributed by atoms with Gasteiger partial charge in [0.25, 0.3) is 15.7 Å². The number of nitrogens with zero attached hydrogens (tertiary/aromatic N) is 2. The maximum Gasteiger partial charge on any atom is 0.337 e. The Labute approximate surface area is 188 Å². The smallest absolute Gasteiger partial charge is 0.337 e. The number of carbonyl (C=O) groups is 1. The molecule has 0 saturated heterocycles. The summed E-state index contributed by atoms with van der Waals surface area (Å²) >= 11 is 0. The molecule has 0 radical (unpaired) electrons. The quantitative estimate of drug-likeness (QED) is 0.353. The lowest BCUT2D eigenvalue weighted by molar-refractivity contribution is -0.385. The molecule has 0 spiro atoms. The molecular formula is C22H18N4O6S. The molecule has 4 rings (SSSR count). The fraction of sp³-hybridized carbons (Fsp3) is 0.0909. The standard InChI is InChI=1S/C22H18N4O6S/c27-22(28)17-7-3-4-8-19(17)25-33(31,32)21-13-15(26(29)30)10-12-20(21)24-23-18-11-9-14-5-1-2-6-16(14)18/h1-8,10,12-13,24-25H,9,11H2,(H,27,28). The molecule has 33 heavy (non-hydrogen) atoms. The van der Waals surface area contributed by atoms with Gasteiger partial charge in [0, 0.05) is 17.7 Å². The van der Waals surface area contributed by atoms with Crippen LogP contribution in [-0.2, 0) is 16.4 Å². The monoisotopic (exact) mass is 466 g/mol. The Balaban J connectivity index is 1.73. The van der Waals surface area contributed by atoms with Crippen molar-refractivity contribution in [3.63, 3.8) is 0 Å². The minimum absolute atomic E-state index is 0.0118. The van der Waals surface area contributed by atoms with Crippen molar-refractivity contribution in [2.75, 3.05) is 10.1 Å². The number of nitro benzene ring substituents is 1. The van der Waals surface area contributed by atoms with Crippen molar-refractivity contribution in [1.29, 1.82) is 0 Å². The second kappa shape index (κ2) is 8.71. The van der Waals surface area contributed by atoms with Crippen LogP contribution >= 0.6 is 0 Å². The second-order valence-electron chi connectivity index (χ2n) is 7.22. The van der Waals surface area contributed by atoms with E-state index in [-0.39, 0.29) is 16.9 Å². The molecule has 1 aliphatic carbocycles. The highest BCUT2D eigenvalue weighted by Gasteiger charge is 2.25. The number of aromatic carboxylic acids is 1. The van der Waals surface area contributed by atoms with Crippen LogP contribution in [0, 0.1) is 10.1 Å². The van der Waals surface area contributed by atoms with E-state index in [0.29, 0.717) is 6.42 Å². The fourth-order valence-corrected chi connectivity index (χ4v) is 4.81. The third-order valence-corrected chi connectivity index (χ3v) is 6.54. The first-order valence-electron chi connectivity index (χ1n) is 9.81. The van der Waals surface area contributed by atoms with E-state index >= 15 is 0 Å². The number of carboxylic acids is 1. The van der Waals surface area contributed by atoms with Crippen LogP contribution < -0.4 is 10.1 Å². The molecular weight excluding hydrogens is 448 g/mol. The summed E-state index contributed by atoms with van der Waals surface area (Å²) in [5.74, 6) is -1.32. The van der Waals surface area contributed by atoms with Crippen molar-refractivity contribution in [3.05, 3.63) is 93.5 Å².